The molecule has 7 nitrogen and oxygen atoms in total. The molecule has 1 aromatic carbocycles. The molecule has 0 spiro atoms. The van der Waals surface area contributed by atoms with Crippen molar-refractivity contribution in [3.8, 4) is 17.0 Å². The van der Waals surface area contributed by atoms with Gasteiger partial charge in [0.25, 0.3) is 5.56 Å². The molecule has 1 saturated heterocycles. The first-order valence-electron chi connectivity index (χ1n) is 8.17. The van der Waals surface area contributed by atoms with Crippen LogP contribution >= 0.6 is 0 Å². The fourth-order valence-corrected chi connectivity index (χ4v) is 3.23. The van der Waals surface area contributed by atoms with E-state index in [9.17, 15) is 19.8 Å². The monoisotopic (exact) mass is 344 g/mol. The van der Waals surface area contributed by atoms with Crippen molar-refractivity contribution in [1.82, 2.24) is 4.98 Å². The number of aromatic carboxylic acids is 1. The molecule has 3 rings (SSSR count). The van der Waals surface area contributed by atoms with Crippen molar-refractivity contribution in [2.75, 3.05) is 18.0 Å². The number of carbonyl (C=O) groups is 1. The number of H-pyrrole nitrogens is 1. The maximum Gasteiger partial charge on any atom is 0.345 e. The van der Waals surface area contributed by atoms with Crippen molar-refractivity contribution in [2.24, 2.45) is 0 Å². The van der Waals surface area contributed by atoms with Crippen LogP contribution in [0, 0.1) is 0 Å². The van der Waals surface area contributed by atoms with E-state index in [1.807, 2.05) is 24.3 Å². The molecule has 1 unspecified atom stereocenters. The van der Waals surface area contributed by atoms with Gasteiger partial charge in [-0.15, -0.1) is 0 Å². The molecular weight excluding hydrogens is 324 g/mol. The first-order chi connectivity index (χ1) is 11.9. The normalized spacial score (nSPS) is 17.0. The number of carboxylic acids is 1. The number of aromatic hydroxyl groups is 1. The zero-order valence-electron chi connectivity index (χ0n) is 13.8. The molecule has 0 radical (unpaired) electrons. The Hall–Kier alpha value is -2.80. The van der Waals surface area contributed by atoms with Crippen molar-refractivity contribution in [3.63, 3.8) is 0 Å². The van der Waals surface area contributed by atoms with Gasteiger partial charge in [-0.1, -0.05) is 19.1 Å². The van der Waals surface area contributed by atoms with Gasteiger partial charge in [-0.05, 0) is 30.5 Å². The summed E-state index contributed by atoms with van der Waals surface area (Å²) in [4.78, 5) is 27.8. The zero-order valence-corrected chi connectivity index (χ0v) is 13.8. The standard InChI is InChI=1S/C18H20N2O5/c1-2-13-15(19-17(23)14(16(13)22)18(24)25)10-3-5-11(6-4-10)20-8-7-12(21)9-20/h3-6,12,21H,2,7-9H2,1H3,(H,24,25)(H2,19,22,23). The molecule has 2 aromatic rings. The van der Waals surface area contributed by atoms with Crippen LogP contribution in [0.4, 0.5) is 5.69 Å². The Morgan fingerprint density at radius 2 is 2.00 bits per heavy atom. The Bertz CT molecular complexity index is 857. The highest BCUT2D eigenvalue weighted by Gasteiger charge is 2.23. The van der Waals surface area contributed by atoms with Crippen LogP contribution in [0.5, 0.6) is 5.75 Å². The lowest BCUT2D eigenvalue weighted by molar-refractivity contribution is 0.0691. The van der Waals surface area contributed by atoms with Gasteiger partial charge in [0.2, 0.25) is 0 Å². The summed E-state index contributed by atoms with van der Waals surface area (Å²) in [5.41, 5.74) is 0.994. The molecule has 1 atom stereocenters. The third kappa shape index (κ3) is 3.10. The Morgan fingerprint density at radius 3 is 2.52 bits per heavy atom. The fraction of sp³-hybridized carbons (Fsp3) is 0.333. The summed E-state index contributed by atoms with van der Waals surface area (Å²) in [6.07, 6.45) is 0.793. The topological polar surface area (TPSA) is 114 Å². The molecule has 2 heterocycles. The second kappa shape index (κ2) is 6.60. The van der Waals surface area contributed by atoms with Gasteiger partial charge in [0.15, 0.2) is 5.56 Å². The second-order valence-corrected chi connectivity index (χ2v) is 6.13. The number of aliphatic hydroxyl groups is 1. The minimum Gasteiger partial charge on any atom is -0.506 e. The predicted octanol–water partition coefficient (Wildman–Crippen LogP) is 1.58. The van der Waals surface area contributed by atoms with Gasteiger partial charge in [-0.25, -0.2) is 4.79 Å². The Balaban J connectivity index is 2.02. The molecule has 0 amide bonds. The third-order valence-corrected chi connectivity index (χ3v) is 4.54. The van der Waals surface area contributed by atoms with E-state index in [1.54, 1.807) is 6.92 Å². The molecule has 0 aliphatic carbocycles. The van der Waals surface area contributed by atoms with Crippen LogP contribution in [-0.4, -0.2) is 45.5 Å². The van der Waals surface area contributed by atoms with E-state index < -0.39 is 22.8 Å². The van der Waals surface area contributed by atoms with E-state index in [2.05, 4.69) is 9.88 Å². The molecule has 7 heteroatoms. The average Bonchev–Trinajstić information content (AvgIpc) is 3.00. The van der Waals surface area contributed by atoms with Crippen LogP contribution in [0.1, 0.15) is 29.3 Å². The number of benzene rings is 1. The number of aromatic nitrogens is 1. The number of β-amino-alcohol motifs (C(OH)–C–C–N with tert-alkyl or cyclic N) is 1. The quantitative estimate of drug-likeness (QED) is 0.670. The van der Waals surface area contributed by atoms with Gasteiger partial charge in [0.05, 0.1) is 11.8 Å². The van der Waals surface area contributed by atoms with Crippen molar-refractivity contribution in [1.29, 1.82) is 0 Å². The van der Waals surface area contributed by atoms with Crippen LogP contribution in [0.2, 0.25) is 0 Å². The molecule has 1 aliphatic heterocycles. The molecule has 0 bridgehead atoms. The average molecular weight is 344 g/mol. The van der Waals surface area contributed by atoms with E-state index in [-0.39, 0.29) is 6.10 Å². The molecule has 1 aromatic heterocycles. The number of nitrogens with one attached hydrogen (secondary N) is 1. The number of aliphatic hydroxyl groups excluding tert-OH is 1. The summed E-state index contributed by atoms with van der Waals surface area (Å²) in [7, 11) is 0. The zero-order chi connectivity index (χ0) is 18.1. The summed E-state index contributed by atoms with van der Waals surface area (Å²) in [5, 5.41) is 28.9. The summed E-state index contributed by atoms with van der Waals surface area (Å²) < 4.78 is 0. The molecule has 1 fully saturated rings. The van der Waals surface area contributed by atoms with Crippen molar-refractivity contribution in [2.45, 2.75) is 25.9 Å². The van der Waals surface area contributed by atoms with E-state index in [0.717, 1.165) is 18.7 Å². The number of hydrogen-bond donors (Lipinski definition) is 4. The smallest absolute Gasteiger partial charge is 0.345 e. The summed E-state index contributed by atoms with van der Waals surface area (Å²) in [6.45, 7) is 3.15. The van der Waals surface area contributed by atoms with Gasteiger partial charge in [-0.2, -0.15) is 0 Å². The molecule has 1 aliphatic rings. The summed E-state index contributed by atoms with van der Waals surface area (Å²) in [5.74, 6) is -1.94. The van der Waals surface area contributed by atoms with Crippen molar-refractivity contribution >= 4 is 11.7 Å². The Labute approximate surface area is 144 Å². The maximum absolute atomic E-state index is 12.0. The summed E-state index contributed by atoms with van der Waals surface area (Å²) in [6, 6.07) is 7.38. The largest absolute Gasteiger partial charge is 0.506 e. The van der Waals surface area contributed by atoms with Crippen LogP contribution in [0.25, 0.3) is 11.3 Å². The second-order valence-electron chi connectivity index (χ2n) is 6.13. The number of aromatic amines is 1. The highest BCUT2D eigenvalue weighted by atomic mass is 16.4. The maximum atomic E-state index is 12.0. The van der Waals surface area contributed by atoms with Gasteiger partial charge in [0.1, 0.15) is 5.75 Å². The van der Waals surface area contributed by atoms with Gasteiger partial charge in [-0.3, -0.25) is 4.79 Å². The fourth-order valence-electron chi connectivity index (χ4n) is 3.23. The van der Waals surface area contributed by atoms with E-state index in [0.29, 0.717) is 29.8 Å². The minimum atomic E-state index is -1.46. The number of nitrogens with zero attached hydrogens (tertiary/aromatic N) is 1. The number of rotatable bonds is 4. The van der Waals surface area contributed by atoms with Gasteiger partial charge < -0.3 is 25.2 Å². The third-order valence-electron chi connectivity index (χ3n) is 4.54. The lowest BCUT2D eigenvalue weighted by atomic mass is 10.0. The number of carboxylic acid groups (broad SMARTS) is 1. The molecular formula is C18H20N2O5. The number of pyridine rings is 1. The highest BCUT2D eigenvalue weighted by Crippen LogP contribution is 2.31. The molecule has 4 N–H and O–H groups in total. The minimum absolute atomic E-state index is 0.316. The van der Waals surface area contributed by atoms with E-state index in [1.165, 1.54) is 0 Å². The lowest BCUT2D eigenvalue weighted by Gasteiger charge is -2.18. The molecule has 25 heavy (non-hydrogen) atoms. The molecule has 132 valence electrons. The first kappa shape index (κ1) is 17.0. The lowest BCUT2D eigenvalue weighted by Crippen LogP contribution is -2.21. The predicted molar refractivity (Wildman–Crippen MR) is 93.3 cm³/mol. The highest BCUT2D eigenvalue weighted by molar-refractivity contribution is 5.92. The van der Waals surface area contributed by atoms with E-state index in [4.69, 9.17) is 5.11 Å². The first-order valence-corrected chi connectivity index (χ1v) is 8.17. The van der Waals surface area contributed by atoms with Crippen LogP contribution < -0.4 is 10.5 Å². The Morgan fingerprint density at radius 1 is 1.32 bits per heavy atom. The number of hydrogen-bond acceptors (Lipinski definition) is 5. The number of anilines is 1. The van der Waals surface area contributed by atoms with Crippen LogP contribution in [0.15, 0.2) is 29.1 Å². The van der Waals surface area contributed by atoms with Crippen LogP contribution in [0.3, 0.4) is 0 Å². The van der Waals surface area contributed by atoms with Gasteiger partial charge >= 0.3 is 5.97 Å². The van der Waals surface area contributed by atoms with Gasteiger partial charge in [0, 0.05) is 24.3 Å². The van der Waals surface area contributed by atoms with Crippen molar-refractivity contribution in [3.05, 3.63) is 45.7 Å². The van der Waals surface area contributed by atoms with Crippen LogP contribution in [-0.2, 0) is 6.42 Å². The van der Waals surface area contributed by atoms with E-state index >= 15 is 0 Å². The van der Waals surface area contributed by atoms with Crippen molar-refractivity contribution < 1.29 is 20.1 Å². The molecule has 0 saturated carbocycles. The summed E-state index contributed by atoms with van der Waals surface area (Å²) >= 11 is 0. The SMILES string of the molecule is CCc1c(-c2ccc(N3CCC(O)C3)cc2)[nH]c(=O)c(C(=O)O)c1O. The Kier molecular flexibility index (Phi) is 4.50.